The number of aromatic amines is 2. The molecule has 0 spiro atoms. The molecular weight excluding hydrogens is 985 g/mol. The summed E-state index contributed by atoms with van der Waals surface area (Å²) in [6.07, 6.45) is 11.4. The molecule has 8 aromatic rings. The molecule has 21 nitrogen and oxygen atoms in total. The van der Waals surface area contributed by atoms with Crippen molar-refractivity contribution in [1.29, 1.82) is 0 Å². The topological polar surface area (TPSA) is 246 Å². The molecule has 2 aliphatic heterocycles. The minimum atomic E-state index is -0.895. The van der Waals surface area contributed by atoms with Crippen LogP contribution < -0.4 is 31.6 Å². The molecule has 77 heavy (non-hydrogen) atoms. The maximum Gasteiger partial charge on any atom is 0.336 e. The number of pyridine rings is 4. The summed E-state index contributed by atoms with van der Waals surface area (Å²) in [5.74, 6) is -0.133. The second-order valence-corrected chi connectivity index (χ2v) is 19.5. The smallest absolute Gasteiger partial charge is 0.336 e. The van der Waals surface area contributed by atoms with Crippen molar-refractivity contribution in [2.45, 2.75) is 66.7 Å². The van der Waals surface area contributed by atoms with Crippen LogP contribution in [0, 0.1) is 27.7 Å². The van der Waals surface area contributed by atoms with Gasteiger partial charge in [-0.2, -0.15) is 0 Å². The molecule has 6 N–H and O–H groups in total. The van der Waals surface area contributed by atoms with E-state index in [1.54, 1.807) is 44.7 Å². The van der Waals surface area contributed by atoms with E-state index in [1.807, 2.05) is 61.6 Å². The Bertz CT molecular complexity index is 3530. The van der Waals surface area contributed by atoms with Gasteiger partial charge in [-0.3, -0.25) is 24.2 Å². The average Bonchev–Trinajstić information content (AvgIpc) is 4.28. The highest BCUT2D eigenvalue weighted by Gasteiger charge is 2.28. The Morgan fingerprint density at radius 3 is 1.53 bits per heavy atom. The normalized spacial score (nSPS) is 14.8. The maximum atomic E-state index is 13.6. The van der Waals surface area contributed by atoms with Crippen LogP contribution in [-0.2, 0) is 36.7 Å². The van der Waals surface area contributed by atoms with Gasteiger partial charge in [-0.1, -0.05) is 0 Å². The highest BCUT2D eigenvalue weighted by molar-refractivity contribution is 5.97. The number of nitrogens with one attached hydrogen (secondary N) is 3. The molecule has 0 aromatic carbocycles. The predicted octanol–water partition coefficient (Wildman–Crippen LogP) is 5.87. The van der Waals surface area contributed by atoms with Crippen LogP contribution in [0.5, 0.6) is 11.5 Å². The van der Waals surface area contributed by atoms with Gasteiger partial charge in [0, 0.05) is 122 Å². The molecule has 2 atom stereocenters. The highest BCUT2D eigenvalue weighted by atomic mass is 16.5. The molecule has 408 valence electrons. The number of H-pyrrole nitrogens is 2. The van der Waals surface area contributed by atoms with E-state index in [-0.39, 0.29) is 42.2 Å². The van der Waals surface area contributed by atoms with Crippen molar-refractivity contribution in [3.8, 4) is 34.0 Å². The first-order valence-corrected chi connectivity index (χ1v) is 25.6. The number of methoxy groups -OCH3 is 2. The van der Waals surface area contributed by atoms with Crippen LogP contribution in [0.1, 0.15) is 91.7 Å². The zero-order valence-electron chi connectivity index (χ0n) is 45.5. The van der Waals surface area contributed by atoms with Gasteiger partial charge in [0.1, 0.15) is 11.5 Å². The van der Waals surface area contributed by atoms with Gasteiger partial charge in [-0.25, -0.2) is 14.8 Å². The number of nitrogens with zero attached hydrogens (tertiary/aromatic N) is 8. The van der Waals surface area contributed by atoms with Crippen LogP contribution in [0.25, 0.3) is 33.5 Å². The predicted molar refractivity (Wildman–Crippen MR) is 293 cm³/mol. The average molecular weight is 1060 g/mol. The number of carboxylic acid groups (broad SMARTS) is 1. The SMILES string of the molecule is COc1cc(C)[nH]c(=O)c1CN.COc1cc(C)[nH]c(=O)c1CNC(=O)c1cc2cc(-c3cncn3C)cn2c(C(C)N2CCOCC2)c1C.Cc1c(C(=O)O)cc2cc(-c3cncn3C)cn2c1C(C)N1CCOCC1. The summed E-state index contributed by atoms with van der Waals surface area (Å²) in [5, 5.41) is 12.7. The number of amides is 1. The fraction of sp³-hybridized carbons (Fsp3) is 0.393. The quantitative estimate of drug-likeness (QED) is 0.0908. The molecule has 2 aliphatic rings. The van der Waals surface area contributed by atoms with E-state index < -0.39 is 5.97 Å². The van der Waals surface area contributed by atoms with Crippen LogP contribution in [0.3, 0.4) is 0 Å². The minimum Gasteiger partial charge on any atom is -0.496 e. The Morgan fingerprint density at radius 1 is 0.688 bits per heavy atom. The maximum absolute atomic E-state index is 13.6. The molecule has 0 saturated carbocycles. The number of hydrogen-bond acceptors (Lipinski definition) is 13. The van der Waals surface area contributed by atoms with E-state index in [4.69, 9.17) is 24.7 Å². The first kappa shape index (κ1) is 55.4. The summed E-state index contributed by atoms with van der Waals surface area (Å²) in [5.41, 5.74) is 17.8. The fourth-order valence-corrected chi connectivity index (χ4v) is 10.4. The molecule has 0 bridgehead atoms. The molecule has 10 heterocycles. The summed E-state index contributed by atoms with van der Waals surface area (Å²) < 4.78 is 29.7. The van der Waals surface area contributed by atoms with Gasteiger partial charge in [0.05, 0.1) is 100 Å². The second-order valence-electron chi connectivity index (χ2n) is 19.5. The monoisotopic (exact) mass is 1050 g/mol. The third kappa shape index (κ3) is 11.8. The Balaban J connectivity index is 0.000000174. The number of aromatic nitrogens is 8. The van der Waals surface area contributed by atoms with E-state index in [1.165, 1.54) is 14.2 Å². The lowest BCUT2D eigenvalue weighted by molar-refractivity contribution is 0.0186. The lowest BCUT2D eigenvalue weighted by Gasteiger charge is -2.34. The third-order valence-corrected chi connectivity index (χ3v) is 14.6. The molecule has 0 aliphatic carbocycles. The summed E-state index contributed by atoms with van der Waals surface area (Å²) in [6.45, 7) is 18.2. The largest absolute Gasteiger partial charge is 0.496 e. The molecule has 1 amide bonds. The Morgan fingerprint density at radius 2 is 1.12 bits per heavy atom. The van der Waals surface area contributed by atoms with Crippen LogP contribution in [0.2, 0.25) is 0 Å². The molecule has 2 unspecified atom stereocenters. The minimum absolute atomic E-state index is 0.0534. The van der Waals surface area contributed by atoms with Crippen molar-refractivity contribution in [2.24, 2.45) is 19.8 Å². The van der Waals surface area contributed by atoms with Gasteiger partial charge in [-0.15, -0.1) is 0 Å². The number of aryl methyl sites for hydroxylation is 4. The molecule has 0 radical (unpaired) electrons. The van der Waals surface area contributed by atoms with Gasteiger partial charge in [0.25, 0.3) is 17.0 Å². The summed E-state index contributed by atoms with van der Waals surface area (Å²) in [7, 11) is 6.96. The zero-order chi connectivity index (χ0) is 55.2. The van der Waals surface area contributed by atoms with Crippen molar-refractivity contribution in [2.75, 3.05) is 66.8 Å². The van der Waals surface area contributed by atoms with Crippen molar-refractivity contribution < 1.29 is 33.6 Å². The number of imidazole rings is 2. The first-order chi connectivity index (χ1) is 36.9. The van der Waals surface area contributed by atoms with Crippen LogP contribution >= 0.6 is 0 Å². The van der Waals surface area contributed by atoms with Crippen LogP contribution in [0.4, 0.5) is 0 Å². The number of carbonyl (C=O) groups is 2. The number of ether oxygens (including phenoxy) is 4. The van der Waals surface area contributed by atoms with Gasteiger partial charge < -0.3 is 63.0 Å². The summed E-state index contributed by atoms with van der Waals surface area (Å²) in [6, 6.07) is 11.4. The number of rotatable bonds is 13. The van der Waals surface area contributed by atoms with Crippen molar-refractivity contribution >= 4 is 22.9 Å². The number of hydrogen-bond donors (Lipinski definition) is 5. The van der Waals surface area contributed by atoms with E-state index in [2.05, 4.69) is 76.2 Å². The highest BCUT2D eigenvalue weighted by Crippen LogP contribution is 2.34. The molecular formula is C56H70N12O9. The Labute approximate surface area is 446 Å². The van der Waals surface area contributed by atoms with Gasteiger partial charge >= 0.3 is 5.97 Å². The summed E-state index contributed by atoms with van der Waals surface area (Å²) in [4.78, 5) is 67.9. The zero-order valence-corrected chi connectivity index (χ0v) is 45.5. The lowest BCUT2D eigenvalue weighted by Crippen LogP contribution is -2.39. The second kappa shape index (κ2) is 24.0. The third-order valence-electron chi connectivity index (χ3n) is 14.6. The first-order valence-electron chi connectivity index (χ1n) is 25.6. The number of morpholine rings is 2. The van der Waals surface area contributed by atoms with E-state index in [9.17, 15) is 24.3 Å². The molecule has 10 rings (SSSR count). The lowest BCUT2D eigenvalue weighted by atomic mass is 10.0. The van der Waals surface area contributed by atoms with E-state index in [0.717, 1.165) is 87.9 Å². The molecule has 21 heteroatoms. The summed E-state index contributed by atoms with van der Waals surface area (Å²) >= 11 is 0. The van der Waals surface area contributed by atoms with Crippen LogP contribution in [-0.4, -0.2) is 131 Å². The van der Waals surface area contributed by atoms with E-state index >= 15 is 0 Å². The van der Waals surface area contributed by atoms with Gasteiger partial charge in [0.15, 0.2) is 0 Å². The fourth-order valence-electron chi connectivity index (χ4n) is 10.4. The van der Waals surface area contributed by atoms with Crippen LogP contribution in [0.15, 0.2) is 83.4 Å². The Hall–Kier alpha value is -7.82. The van der Waals surface area contributed by atoms with Crippen molar-refractivity contribution in [3.05, 3.63) is 151 Å². The number of carbonyl (C=O) groups excluding carboxylic acids is 1. The number of nitrogens with two attached hydrogens (primary N) is 1. The Kier molecular flexibility index (Phi) is 17.3. The van der Waals surface area contributed by atoms with E-state index in [0.29, 0.717) is 65.9 Å². The number of aromatic carboxylic acids is 1. The van der Waals surface area contributed by atoms with Gasteiger partial charge in [0.2, 0.25) is 0 Å². The number of carboxylic acids is 1. The van der Waals surface area contributed by atoms with Crippen molar-refractivity contribution in [3.63, 3.8) is 0 Å². The van der Waals surface area contributed by atoms with Crippen molar-refractivity contribution in [1.82, 2.24) is 53.0 Å². The molecule has 2 saturated heterocycles. The molecule has 8 aromatic heterocycles. The van der Waals surface area contributed by atoms with Gasteiger partial charge in [-0.05, 0) is 89.1 Å². The standard InChI is InChI=1S/C28H34N6O4.C20H24N4O3.C8H12N2O2/c1-17-10-25(37-5)23(28(36)31-17)13-30-27(35)22-12-21-11-20(24-14-29-16-32(24)4)15-34(21)26(18(22)2)19(3)33-6-8-38-9-7-33;1-13-17(20(25)26)9-16-8-15(18-10-21-12-22(18)3)11-24(16)19(13)14(2)23-4-6-27-7-5-23;1-5-3-7(12-2)6(4-9)8(11)10-5/h10-12,14-16,19H,6-9,13H2,1-5H3,(H,30,35)(H,31,36);8-12,14H,4-7H2,1-3H3,(H,25,26);3H,4,9H2,1-2H3,(H,10,11). The number of fused-ring (bicyclic) bond motifs is 2. The molecule has 2 fully saturated rings.